The lowest BCUT2D eigenvalue weighted by atomic mass is 10.2. The van der Waals surface area contributed by atoms with Crippen molar-refractivity contribution in [3.05, 3.63) is 77.2 Å². The third kappa shape index (κ3) is 6.50. The number of hydrogen-bond acceptors (Lipinski definition) is 6. The van der Waals surface area contributed by atoms with E-state index in [4.69, 9.17) is 0 Å². The van der Waals surface area contributed by atoms with E-state index in [1.54, 1.807) is 6.07 Å². The first-order valence-corrected chi connectivity index (χ1v) is 11.1. The zero-order valence-corrected chi connectivity index (χ0v) is 17.6. The average Bonchev–Trinajstić information content (AvgIpc) is 2.68. The van der Waals surface area contributed by atoms with E-state index in [0.717, 1.165) is 11.4 Å². The predicted molar refractivity (Wildman–Crippen MR) is 117 cm³/mol. The molecule has 0 spiro atoms. The summed E-state index contributed by atoms with van der Waals surface area (Å²) in [6.45, 7) is 4.27. The Balaban J connectivity index is 1.53. The molecular weight excluding hydrogens is 405 g/mol. The van der Waals surface area contributed by atoms with E-state index in [0.29, 0.717) is 11.8 Å². The number of rotatable bonds is 9. The highest BCUT2D eigenvalue weighted by atomic mass is 32.2. The molecule has 158 valence electrons. The number of sulfonamides is 1. The van der Waals surface area contributed by atoms with Gasteiger partial charge in [-0.25, -0.2) is 22.5 Å². The fourth-order valence-electron chi connectivity index (χ4n) is 2.75. The van der Waals surface area contributed by atoms with E-state index >= 15 is 0 Å². The first-order valence-electron chi connectivity index (χ1n) is 9.45. The largest absolute Gasteiger partial charge is 0.353 e. The minimum atomic E-state index is -3.66. The Morgan fingerprint density at radius 1 is 0.967 bits per heavy atom. The number of aryl methyl sites for hydroxylation is 2. The van der Waals surface area contributed by atoms with Crippen molar-refractivity contribution in [3.63, 3.8) is 0 Å². The Kier molecular flexibility index (Phi) is 6.96. The van der Waals surface area contributed by atoms with Crippen LogP contribution in [0, 0.1) is 19.7 Å². The molecule has 0 unspecified atom stereocenters. The monoisotopic (exact) mass is 429 g/mol. The second-order valence-electron chi connectivity index (χ2n) is 6.88. The van der Waals surface area contributed by atoms with E-state index in [2.05, 4.69) is 25.3 Å². The zero-order valence-electron chi connectivity index (χ0n) is 16.8. The molecule has 0 atom stereocenters. The Hall–Kier alpha value is -3.04. The maximum absolute atomic E-state index is 13.7. The summed E-state index contributed by atoms with van der Waals surface area (Å²) < 4.78 is 40.4. The lowest BCUT2D eigenvalue weighted by molar-refractivity contribution is 0.575. The Bertz CT molecular complexity index is 1100. The fraction of sp³-hybridized carbons (Fsp3) is 0.238. The molecule has 3 aromatic rings. The minimum Gasteiger partial charge on any atom is -0.353 e. The van der Waals surface area contributed by atoms with Gasteiger partial charge in [0, 0.05) is 36.1 Å². The molecule has 1 aromatic heterocycles. The molecule has 0 aliphatic heterocycles. The van der Waals surface area contributed by atoms with Crippen molar-refractivity contribution in [2.75, 3.05) is 23.7 Å². The molecule has 30 heavy (non-hydrogen) atoms. The van der Waals surface area contributed by atoms with Crippen molar-refractivity contribution in [3.8, 4) is 0 Å². The topological polar surface area (TPSA) is 96.0 Å². The fourth-order valence-corrected chi connectivity index (χ4v) is 3.91. The highest BCUT2D eigenvalue weighted by molar-refractivity contribution is 7.88. The summed E-state index contributed by atoms with van der Waals surface area (Å²) in [4.78, 5) is 8.72. The Labute approximate surface area is 175 Å². The van der Waals surface area contributed by atoms with Crippen LogP contribution in [0.3, 0.4) is 0 Å². The van der Waals surface area contributed by atoms with Crippen molar-refractivity contribution in [2.45, 2.75) is 19.6 Å². The molecule has 0 saturated heterocycles. The number of halogens is 1. The van der Waals surface area contributed by atoms with Gasteiger partial charge in [0.05, 0.1) is 5.75 Å². The second-order valence-corrected chi connectivity index (χ2v) is 8.69. The predicted octanol–water partition coefficient (Wildman–Crippen LogP) is 3.51. The highest BCUT2D eigenvalue weighted by Gasteiger charge is 2.13. The van der Waals surface area contributed by atoms with Gasteiger partial charge in [0.25, 0.3) is 0 Å². The summed E-state index contributed by atoms with van der Waals surface area (Å²) >= 11 is 0. The van der Waals surface area contributed by atoms with Crippen LogP contribution >= 0.6 is 0 Å². The van der Waals surface area contributed by atoms with Gasteiger partial charge in [0.1, 0.15) is 11.6 Å². The lowest BCUT2D eigenvalue weighted by Crippen LogP contribution is -2.30. The molecule has 0 bridgehead atoms. The van der Waals surface area contributed by atoms with Gasteiger partial charge >= 0.3 is 0 Å². The number of nitrogens with one attached hydrogen (secondary N) is 3. The average molecular weight is 430 g/mol. The zero-order chi connectivity index (χ0) is 21.6. The number of hydrogen-bond donors (Lipinski definition) is 3. The summed E-state index contributed by atoms with van der Waals surface area (Å²) in [6.07, 6.45) is 0. The van der Waals surface area contributed by atoms with Crippen molar-refractivity contribution in [2.24, 2.45) is 0 Å². The Morgan fingerprint density at radius 2 is 1.70 bits per heavy atom. The molecule has 2 aromatic carbocycles. The number of nitrogens with zero attached hydrogens (tertiary/aromatic N) is 2. The number of anilines is 3. The molecule has 3 N–H and O–H groups in total. The van der Waals surface area contributed by atoms with Gasteiger partial charge in [-0.05, 0) is 32.0 Å². The molecule has 0 aliphatic rings. The summed E-state index contributed by atoms with van der Waals surface area (Å²) in [7, 11) is -3.66. The van der Waals surface area contributed by atoms with Crippen molar-refractivity contribution in [1.29, 1.82) is 0 Å². The molecule has 3 rings (SSSR count). The molecule has 0 amide bonds. The minimum absolute atomic E-state index is 0.120. The van der Waals surface area contributed by atoms with Crippen LogP contribution in [0.2, 0.25) is 0 Å². The van der Waals surface area contributed by atoms with E-state index in [1.807, 2.05) is 44.2 Å². The number of benzene rings is 2. The third-order valence-corrected chi connectivity index (χ3v) is 5.55. The maximum Gasteiger partial charge on any atom is 0.224 e. The molecular formula is C21H24FN5O2S. The molecule has 0 saturated carbocycles. The van der Waals surface area contributed by atoms with Crippen LogP contribution in [-0.4, -0.2) is 31.5 Å². The standard InChI is InChI=1S/C21H24FN5O2S/c1-15-7-9-18(10-8-15)26-20-13-16(2)25-21(27-20)23-11-12-24-30(28,29)14-17-5-3-4-6-19(17)22/h3-10,13,24H,11-12,14H2,1-2H3,(H2,23,25,26,27). The molecule has 1 heterocycles. The number of aromatic nitrogens is 2. The normalized spacial score (nSPS) is 11.3. The summed E-state index contributed by atoms with van der Waals surface area (Å²) in [5.41, 5.74) is 2.97. The molecule has 9 heteroatoms. The molecule has 0 aliphatic carbocycles. The lowest BCUT2D eigenvalue weighted by Gasteiger charge is -2.11. The molecule has 0 fully saturated rings. The van der Waals surface area contributed by atoms with Crippen molar-refractivity contribution >= 4 is 27.5 Å². The highest BCUT2D eigenvalue weighted by Crippen LogP contribution is 2.17. The summed E-state index contributed by atoms with van der Waals surface area (Å²) in [6, 6.07) is 15.6. The second kappa shape index (κ2) is 9.64. The van der Waals surface area contributed by atoms with Crippen LogP contribution in [-0.2, 0) is 15.8 Å². The van der Waals surface area contributed by atoms with Gasteiger partial charge in [0.15, 0.2) is 0 Å². The van der Waals surface area contributed by atoms with Crippen LogP contribution in [0.5, 0.6) is 0 Å². The van der Waals surface area contributed by atoms with Crippen molar-refractivity contribution < 1.29 is 12.8 Å². The van der Waals surface area contributed by atoms with E-state index in [1.165, 1.54) is 23.8 Å². The van der Waals surface area contributed by atoms with Gasteiger partial charge in [-0.1, -0.05) is 35.9 Å². The van der Waals surface area contributed by atoms with Crippen molar-refractivity contribution in [1.82, 2.24) is 14.7 Å². The van der Waals surface area contributed by atoms with Crippen LogP contribution in [0.15, 0.2) is 54.6 Å². The van der Waals surface area contributed by atoms with Gasteiger partial charge in [-0.2, -0.15) is 4.98 Å². The quantitative estimate of drug-likeness (QED) is 0.451. The van der Waals surface area contributed by atoms with E-state index in [9.17, 15) is 12.8 Å². The third-order valence-electron chi connectivity index (χ3n) is 4.21. The first-order chi connectivity index (χ1) is 14.3. The van der Waals surface area contributed by atoms with Crippen LogP contribution < -0.4 is 15.4 Å². The smallest absolute Gasteiger partial charge is 0.224 e. The van der Waals surface area contributed by atoms with Crippen LogP contribution in [0.1, 0.15) is 16.8 Å². The summed E-state index contributed by atoms with van der Waals surface area (Å²) in [5, 5.41) is 6.23. The molecule has 7 nitrogen and oxygen atoms in total. The maximum atomic E-state index is 13.7. The van der Waals surface area contributed by atoms with Gasteiger partial charge in [-0.15, -0.1) is 0 Å². The summed E-state index contributed by atoms with van der Waals surface area (Å²) in [5.74, 6) is 0.0697. The van der Waals surface area contributed by atoms with Gasteiger partial charge in [0.2, 0.25) is 16.0 Å². The molecule has 0 radical (unpaired) electrons. The first kappa shape index (κ1) is 21.7. The van der Waals surface area contributed by atoms with Crippen LogP contribution in [0.4, 0.5) is 21.8 Å². The van der Waals surface area contributed by atoms with Gasteiger partial charge in [-0.3, -0.25) is 0 Å². The van der Waals surface area contributed by atoms with E-state index < -0.39 is 21.6 Å². The van der Waals surface area contributed by atoms with Crippen LogP contribution in [0.25, 0.3) is 0 Å². The van der Waals surface area contributed by atoms with Gasteiger partial charge < -0.3 is 10.6 Å². The SMILES string of the molecule is Cc1ccc(Nc2cc(C)nc(NCCNS(=O)(=O)Cc3ccccc3F)n2)cc1. The Morgan fingerprint density at radius 3 is 2.43 bits per heavy atom. The van der Waals surface area contributed by atoms with E-state index in [-0.39, 0.29) is 18.7 Å².